The van der Waals surface area contributed by atoms with E-state index in [9.17, 15) is 13.6 Å². The molecule has 1 saturated heterocycles. The van der Waals surface area contributed by atoms with Gasteiger partial charge in [0, 0.05) is 32.0 Å². The molecule has 1 aliphatic heterocycles. The standard InChI is InChI=1S/C21H26F2N6O3/c1-11(2)31-21(30)29-6-4-13(5-7-29)32-20-12(3)19(26-10-27-20)28-17-9-15(22)14(18(24)25)8-16(17)23/h8-11,13H,4-7H2,1-3H3,(H3,24,25)(H,26,27,28). The van der Waals surface area contributed by atoms with Crippen molar-refractivity contribution >= 4 is 23.4 Å². The van der Waals surface area contributed by atoms with Crippen LogP contribution in [-0.2, 0) is 4.74 Å². The molecule has 0 saturated carbocycles. The van der Waals surface area contributed by atoms with Gasteiger partial charge in [-0.3, -0.25) is 5.41 Å². The van der Waals surface area contributed by atoms with Crippen LogP contribution in [0.2, 0.25) is 0 Å². The molecule has 0 unspecified atom stereocenters. The number of nitrogens with one attached hydrogen (secondary N) is 2. The van der Waals surface area contributed by atoms with Gasteiger partial charge in [-0.1, -0.05) is 0 Å². The van der Waals surface area contributed by atoms with E-state index in [2.05, 4.69) is 15.3 Å². The fraction of sp³-hybridized carbons (Fsp3) is 0.429. The first kappa shape index (κ1) is 23.2. The number of carbonyl (C=O) groups excluding carboxylic acids is 1. The average molecular weight is 448 g/mol. The number of nitrogens with two attached hydrogens (primary N) is 1. The number of carbonyl (C=O) groups is 1. The van der Waals surface area contributed by atoms with Crippen molar-refractivity contribution in [2.75, 3.05) is 18.4 Å². The molecule has 9 nitrogen and oxygen atoms in total. The van der Waals surface area contributed by atoms with Crippen molar-refractivity contribution in [2.24, 2.45) is 5.73 Å². The van der Waals surface area contributed by atoms with Gasteiger partial charge in [-0.2, -0.15) is 0 Å². The van der Waals surface area contributed by atoms with Gasteiger partial charge < -0.3 is 25.4 Å². The molecule has 2 heterocycles. The Hall–Kier alpha value is -3.50. The highest BCUT2D eigenvalue weighted by atomic mass is 19.1. The van der Waals surface area contributed by atoms with Gasteiger partial charge in [0.15, 0.2) is 0 Å². The minimum Gasteiger partial charge on any atom is -0.474 e. The van der Waals surface area contributed by atoms with E-state index in [1.165, 1.54) is 6.33 Å². The van der Waals surface area contributed by atoms with Gasteiger partial charge in [-0.25, -0.2) is 23.5 Å². The topological polar surface area (TPSA) is 126 Å². The molecule has 172 valence electrons. The average Bonchev–Trinajstić information content (AvgIpc) is 2.73. The number of piperidine rings is 1. The molecule has 0 spiro atoms. The molecule has 1 fully saturated rings. The fourth-order valence-corrected chi connectivity index (χ4v) is 3.25. The normalized spacial score (nSPS) is 14.4. The number of benzene rings is 1. The summed E-state index contributed by atoms with van der Waals surface area (Å²) >= 11 is 0. The van der Waals surface area contributed by atoms with Crippen LogP contribution in [0.3, 0.4) is 0 Å². The first-order valence-electron chi connectivity index (χ1n) is 10.2. The van der Waals surface area contributed by atoms with Crippen molar-refractivity contribution in [3.8, 4) is 5.88 Å². The summed E-state index contributed by atoms with van der Waals surface area (Å²) in [6.07, 6.45) is 1.79. The second-order valence-corrected chi connectivity index (χ2v) is 7.74. The molecule has 1 amide bonds. The lowest BCUT2D eigenvalue weighted by atomic mass is 10.1. The van der Waals surface area contributed by atoms with E-state index in [0.717, 1.165) is 12.1 Å². The van der Waals surface area contributed by atoms with E-state index in [0.29, 0.717) is 37.4 Å². The zero-order valence-electron chi connectivity index (χ0n) is 18.1. The molecule has 0 atom stereocenters. The SMILES string of the molecule is Cc1c(Nc2cc(F)c(C(=N)N)cc2F)ncnc1OC1CCN(C(=O)OC(C)C)CC1. The predicted octanol–water partition coefficient (Wildman–Crippen LogP) is 3.48. The zero-order valence-corrected chi connectivity index (χ0v) is 18.1. The third kappa shape index (κ3) is 5.40. The molecular formula is C21H26F2N6O3. The molecule has 0 aliphatic carbocycles. The molecule has 0 radical (unpaired) electrons. The molecule has 32 heavy (non-hydrogen) atoms. The van der Waals surface area contributed by atoms with E-state index in [1.807, 2.05) is 0 Å². The summed E-state index contributed by atoms with van der Waals surface area (Å²) < 4.78 is 39.7. The first-order valence-corrected chi connectivity index (χ1v) is 10.2. The number of amides is 1. The van der Waals surface area contributed by atoms with Gasteiger partial charge in [-0.05, 0) is 26.8 Å². The Morgan fingerprint density at radius 2 is 1.94 bits per heavy atom. The Balaban J connectivity index is 1.67. The van der Waals surface area contributed by atoms with Crippen LogP contribution in [0, 0.1) is 24.0 Å². The number of nitrogens with zero attached hydrogens (tertiary/aromatic N) is 3. The van der Waals surface area contributed by atoms with Crippen LogP contribution in [-0.4, -0.2) is 52.1 Å². The van der Waals surface area contributed by atoms with E-state index in [-0.39, 0.29) is 35.4 Å². The highest BCUT2D eigenvalue weighted by Gasteiger charge is 2.26. The maximum absolute atomic E-state index is 14.4. The van der Waals surface area contributed by atoms with Crippen LogP contribution in [0.5, 0.6) is 5.88 Å². The van der Waals surface area contributed by atoms with Crippen molar-refractivity contribution in [1.29, 1.82) is 5.41 Å². The summed E-state index contributed by atoms with van der Waals surface area (Å²) in [6, 6.07) is 1.77. The summed E-state index contributed by atoms with van der Waals surface area (Å²) in [6.45, 7) is 6.30. The number of rotatable bonds is 6. The number of halogens is 2. The minimum atomic E-state index is -0.827. The Morgan fingerprint density at radius 1 is 1.25 bits per heavy atom. The minimum absolute atomic E-state index is 0.155. The summed E-state index contributed by atoms with van der Waals surface area (Å²) in [4.78, 5) is 21.9. The van der Waals surface area contributed by atoms with E-state index in [4.69, 9.17) is 20.6 Å². The molecule has 2 aromatic rings. The third-order valence-electron chi connectivity index (χ3n) is 4.95. The number of aromatic nitrogens is 2. The molecule has 1 aromatic heterocycles. The molecule has 0 bridgehead atoms. The van der Waals surface area contributed by atoms with Gasteiger partial charge in [-0.15, -0.1) is 0 Å². The van der Waals surface area contributed by atoms with Crippen molar-refractivity contribution in [3.63, 3.8) is 0 Å². The molecule has 11 heteroatoms. The number of hydrogen-bond donors (Lipinski definition) is 3. The number of ether oxygens (including phenoxy) is 2. The van der Waals surface area contributed by atoms with Gasteiger partial charge >= 0.3 is 6.09 Å². The number of anilines is 2. The second kappa shape index (κ2) is 9.75. The fourth-order valence-electron chi connectivity index (χ4n) is 3.25. The van der Waals surface area contributed by atoms with Gasteiger partial charge in [0.1, 0.15) is 35.7 Å². The summed E-state index contributed by atoms with van der Waals surface area (Å²) in [7, 11) is 0. The van der Waals surface area contributed by atoms with Crippen LogP contribution in [0.15, 0.2) is 18.5 Å². The van der Waals surface area contributed by atoms with E-state index >= 15 is 0 Å². The number of amidine groups is 1. The smallest absolute Gasteiger partial charge is 0.410 e. The maximum Gasteiger partial charge on any atom is 0.410 e. The zero-order chi connectivity index (χ0) is 23.4. The lowest BCUT2D eigenvalue weighted by Gasteiger charge is -2.32. The Labute approximate surface area is 184 Å². The molecule has 4 N–H and O–H groups in total. The van der Waals surface area contributed by atoms with E-state index in [1.54, 1.807) is 25.7 Å². The van der Waals surface area contributed by atoms with E-state index < -0.39 is 17.5 Å². The summed E-state index contributed by atoms with van der Waals surface area (Å²) in [5, 5.41) is 10.0. The lowest BCUT2D eigenvalue weighted by Crippen LogP contribution is -2.42. The Bertz CT molecular complexity index is 1010. The highest BCUT2D eigenvalue weighted by molar-refractivity contribution is 5.95. The first-order chi connectivity index (χ1) is 15.2. The van der Waals surface area contributed by atoms with Crippen LogP contribution >= 0.6 is 0 Å². The second-order valence-electron chi connectivity index (χ2n) is 7.74. The molecule has 1 aromatic carbocycles. The van der Waals surface area contributed by atoms with Crippen molar-refractivity contribution in [1.82, 2.24) is 14.9 Å². The van der Waals surface area contributed by atoms with Crippen molar-refractivity contribution in [3.05, 3.63) is 41.2 Å². The summed E-state index contributed by atoms with van der Waals surface area (Å²) in [5.74, 6) is -1.61. The maximum atomic E-state index is 14.4. The third-order valence-corrected chi connectivity index (χ3v) is 4.95. The van der Waals surface area contributed by atoms with Crippen LogP contribution in [0.1, 0.15) is 37.8 Å². The Kier molecular flexibility index (Phi) is 7.06. The molecular weight excluding hydrogens is 422 g/mol. The number of hydrogen-bond acceptors (Lipinski definition) is 7. The van der Waals surface area contributed by atoms with Gasteiger partial charge in [0.25, 0.3) is 0 Å². The van der Waals surface area contributed by atoms with Crippen LogP contribution in [0.4, 0.5) is 25.1 Å². The van der Waals surface area contributed by atoms with Crippen molar-refractivity contribution in [2.45, 2.75) is 45.8 Å². The van der Waals surface area contributed by atoms with Crippen LogP contribution in [0.25, 0.3) is 0 Å². The monoisotopic (exact) mass is 448 g/mol. The largest absolute Gasteiger partial charge is 0.474 e. The van der Waals surface area contributed by atoms with Crippen LogP contribution < -0.4 is 15.8 Å². The Morgan fingerprint density at radius 3 is 2.56 bits per heavy atom. The number of likely N-dealkylation sites (tertiary alicyclic amines) is 1. The molecule has 3 rings (SSSR count). The highest BCUT2D eigenvalue weighted by Crippen LogP contribution is 2.28. The lowest BCUT2D eigenvalue weighted by molar-refractivity contribution is 0.0505. The predicted molar refractivity (Wildman–Crippen MR) is 114 cm³/mol. The summed E-state index contributed by atoms with van der Waals surface area (Å²) in [5.41, 5.74) is 5.30. The van der Waals surface area contributed by atoms with Gasteiger partial charge in [0.2, 0.25) is 5.88 Å². The van der Waals surface area contributed by atoms with Gasteiger partial charge in [0.05, 0.1) is 22.9 Å². The molecule has 1 aliphatic rings. The van der Waals surface area contributed by atoms with Crippen molar-refractivity contribution < 1.29 is 23.0 Å². The number of nitrogen functional groups attached to an aromatic ring is 1. The quantitative estimate of drug-likeness (QED) is 0.456.